The van der Waals surface area contributed by atoms with Crippen LogP contribution in [0.5, 0.6) is 11.6 Å². The SMILES string of the molecule is CCn1nc(OC)c2c1-c1cnc(N)c(c1)OC(C)c1cc(C)ccc1-c1nn(C)cc1C2. The van der Waals surface area contributed by atoms with E-state index in [-0.39, 0.29) is 6.10 Å². The highest BCUT2D eigenvalue weighted by Gasteiger charge is 2.26. The zero-order valence-corrected chi connectivity index (χ0v) is 19.6. The number of rotatable bonds is 2. The van der Waals surface area contributed by atoms with E-state index in [2.05, 4.69) is 43.2 Å². The van der Waals surface area contributed by atoms with Crippen molar-refractivity contribution in [2.24, 2.45) is 7.05 Å². The van der Waals surface area contributed by atoms with Crippen LogP contribution in [0.25, 0.3) is 22.5 Å². The Kier molecular flexibility index (Phi) is 5.08. The maximum Gasteiger partial charge on any atom is 0.236 e. The van der Waals surface area contributed by atoms with Crippen LogP contribution in [0, 0.1) is 6.92 Å². The molecule has 4 heterocycles. The van der Waals surface area contributed by atoms with Gasteiger partial charge in [0.1, 0.15) is 6.10 Å². The third kappa shape index (κ3) is 3.51. The third-order valence-corrected chi connectivity index (χ3v) is 6.14. The Hall–Kier alpha value is -3.81. The quantitative estimate of drug-likeness (QED) is 0.495. The molecule has 4 aromatic rings. The first kappa shape index (κ1) is 21.1. The van der Waals surface area contributed by atoms with E-state index >= 15 is 0 Å². The fraction of sp³-hybridized carbons (Fsp3) is 0.320. The monoisotopic (exact) mass is 444 g/mol. The molecule has 0 fully saturated rings. The van der Waals surface area contributed by atoms with Gasteiger partial charge in [-0.2, -0.15) is 5.10 Å². The summed E-state index contributed by atoms with van der Waals surface area (Å²) in [6.45, 7) is 6.85. The summed E-state index contributed by atoms with van der Waals surface area (Å²) >= 11 is 0. The molecule has 5 rings (SSSR count). The fourth-order valence-electron chi connectivity index (χ4n) is 4.60. The van der Waals surface area contributed by atoms with Gasteiger partial charge in [0.15, 0.2) is 11.6 Å². The van der Waals surface area contributed by atoms with Crippen LogP contribution >= 0.6 is 0 Å². The normalized spacial score (nSPS) is 14.9. The second-order valence-electron chi connectivity index (χ2n) is 8.46. The van der Waals surface area contributed by atoms with Crippen molar-refractivity contribution in [2.75, 3.05) is 12.8 Å². The molecule has 0 amide bonds. The molecule has 8 nitrogen and oxygen atoms in total. The van der Waals surface area contributed by atoms with E-state index < -0.39 is 0 Å². The minimum Gasteiger partial charge on any atom is -0.482 e. The number of aryl methyl sites for hydroxylation is 3. The summed E-state index contributed by atoms with van der Waals surface area (Å²) in [6.07, 6.45) is 4.20. The first-order chi connectivity index (χ1) is 15.9. The highest BCUT2D eigenvalue weighted by molar-refractivity contribution is 5.73. The van der Waals surface area contributed by atoms with E-state index in [1.807, 2.05) is 29.4 Å². The van der Waals surface area contributed by atoms with Gasteiger partial charge in [-0.05, 0) is 26.8 Å². The van der Waals surface area contributed by atoms with Gasteiger partial charge in [-0.3, -0.25) is 9.36 Å². The lowest BCUT2D eigenvalue weighted by Crippen LogP contribution is -2.10. The Balaban J connectivity index is 1.84. The molecule has 33 heavy (non-hydrogen) atoms. The van der Waals surface area contributed by atoms with Gasteiger partial charge in [-0.25, -0.2) is 4.98 Å². The van der Waals surface area contributed by atoms with Crippen LogP contribution in [-0.2, 0) is 20.0 Å². The van der Waals surface area contributed by atoms with Gasteiger partial charge >= 0.3 is 0 Å². The number of aromatic nitrogens is 5. The summed E-state index contributed by atoms with van der Waals surface area (Å²) in [5.74, 6) is 1.49. The maximum atomic E-state index is 6.40. The van der Waals surface area contributed by atoms with Gasteiger partial charge in [0.25, 0.3) is 0 Å². The Labute approximate surface area is 193 Å². The molecule has 170 valence electrons. The summed E-state index contributed by atoms with van der Waals surface area (Å²) in [5.41, 5.74) is 14.3. The molecule has 2 bridgehead atoms. The number of methoxy groups -OCH3 is 1. The van der Waals surface area contributed by atoms with E-state index in [1.165, 1.54) is 0 Å². The number of hydrogen-bond acceptors (Lipinski definition) is 6. The van der Waals surface area contributed by atoms with Crippen LogP contribution in [-0.4, -0.2) is 31.7 Å². The largest absolute Gasteiger partial charge is 0.482 e. The van der Waals surface area contributed by atoms with E-state index in [0.29, 0.717) is 30.4 Å². The van der Waals surface area contributed by atoms with Crippen molar-refractivity contribution in [1.29, 1.82) is 0 Å². The number of pyridine rings is 1. The lowest BCUT2D eigenvalue weighted by molar-refractivity contribution is 0.228. The number of fused-ring (bicyclic) bond motifs is 7. The molecule has 1 aromatic carbocycles. The number of ether oxygens (including phenoxy) is 2. The van der Waals surface area contributed by atoms with Gasteiger partial charge < -0.3 is 15.2 Å². The van der Waals surface area contributed by atoms with Crippen LogP contribution in [0.1, 0.15) is 42.2 Å². The molecule has 0 radical (unpaired) electrons. The van der Waals surface area contributed by atoms with Crippen LogP contribution < -0.4 is 15.2 Å². The summed E-state index contributed by atoms with van der Waals surface area (Å²) in [5, 5.41) is 9.56. The maximum absolute atomic E-state index is 6.40. The van der Waals surface area contributed by atoms with E-state index in [4.69, 9.17) is 25.4 Å². The molecule has 0 saturated carbocycles. The van der Waals surface area contributed by atoms with Gasteiger partial charge in [0.2, 0.25) is 5.88 Å². The molecular formula is C25H28N6O2. The topological polar surface area (TPSA) is 93.0 Å². The highest BCUT2D eigenvalue weighted by Crippen LogP contribution is 2.40. The third-order valence-electron chi connectivity index (χ3n) is 6.14. The molecule has 0 aliphatic carbocycles. The Morgan fingerprint density at radius 3 is 2.82 bits per heavy atom. The first-order valence-electron chi connectivity index (χ1n) is 11.1. The molecule has 0 spiro atoms. The van der Waals surface area contributed by atoms with Crippen molar-refractivity contribution in [3.05, 3.63) is 58.9 Å². The number of nitrogens with zero attached hydrogens (tertiary/aromatic N) is 5. The fourth-order valence-corrected chi connectivity index (χ4v) is 4.60. The molecule has 3 aromatic heterocycles. The zero-order valence-electron chi connectivity index (χ0n) is 19.6. The van der Waals surface area contributed by atoms with Crippen molar-refractivity contribution in [3.63, 3.8) is 0 Å². The average Bonchev–Trinajstić information content (AvgIpc) is 3.34. The van der Waals surface area contributed by atoms with Gasteiger partial charge in [0, 0.05) is 60.2 Å². The molecular weight excluding hydrogens is 416 g/mol. The van der Waals surface area contributed by atoms with Gasteiger partial charge in [-0.1, -0.05) is 23.8 Å². The Morgan fingerprint density at radius 2 is 2.06 bits per heavy atom. The molecule has 1 atom stereocenters. The Bertz CT molecular complexity index is 1350. The molecule has 1 aliphatic heterocycles. The second-order valence-corrected chi connectivity index (χ2v) is 8.46. The molecule has 8 heteroatoms. The minimum atomic E-state index is -0.251. The van der Waals surface area contributed by atoms with E-state index in [1.54, 1.807) is 13.3 Å². The summed E-state index contributed by atoms with van der Waals surface area (Å²) in [4.78, 5) is 4.45. The minimum absolute atomic E-state index is 0.251. The zero-order chi connectivity index (χ0) is 23.3. The summed E-state index contributed by atoms with van der Waals surface area (Å²) in [6, 6.07) is 8.33. The highest BCUT2D eigenvalue weighted by atomic mass is 16.5. The van der Waals surface area contributed by atoms with Crippen LogP contribution in [0.3, 0.4) is 0 Å². The van der Waals surface area contributed by atoms with Crippen molar-refractivity contribution < 1.29 is 9.47 Å². The molecule has 1 aliphatic rings. The first-order valence-corrected chi connectivity index (χ1v) is 11.1. The number of anilines is 1. The average molecular weight is 445 g/mol. The number of nitrogen functional groups attached to an aromatic ring is 1. The predicted octanol–water partition coefficient (Wildman–Crippen LogP) is 4.31. The Morgan fingerprint density at radius 1 is 1.24 bits per heavy atom. The predicted molar refractivity (Wildman–Crippen MR) is 127 cm³/mol. The summed E-state index contributed by atoms with van der Waals surface area (Å²) in [7, 11) is 3.60. The number of benzene rings is 1. The molecule has 2 N–H and O–H groups in total. The van der Waals surface area contributed by atoms with Crippen LogP contribution in [0.2, 0.25) is 0 Å². The van der Waals surface area contributed by atoms with Gasteiger partial charge in [0.05, 0.1) is 18.5 Å². The second kappa shape index (κ2) is 7.95. The lowest BCUT2D eigenvalue weighted by atomic mass is 9.93. The van der Waals surface area contributed by atoms with Crippen LogP contribution in [0.4, 0.5) is 5.82 Å². The number of hydrogen-bond donors (Lipinski definition) is 1. The van der Waals surface area contributed by atoms with Crippen molar-refractivity contribution >= 4 is 5.82 Å². The smallest absolute Gasteiger partial charge is 0.236 e. The standard InChI is InChI=1S/C25H28N6O2/c1-6-31-23-16-11-21(24(26)27-12-16)33-15(3)19-9-14(2)7-8-18(19)22-17(13-30(4)28-22)10-20(23)25(29-31)32-5/h7-9,11-13,15H,6,10H2,1-5H3,(H2,26,27). The molecule has 0 saturated heterocycles. The van der Waals surface area contributed by atoms with Crippen molar-refractivity contribution in [3.8, 4) is 34.1 Å². The van der Waals surface area contributed by atoms with Gasteiger partial charge in [-0.15, -0.1) is 5.10 Å². The van der Waals surface area contributed by atoms with Crippen molar-refractivity contribution in [2.45, 2.75) is 39.8 Å². The van der Waals surface area contributed by atoms with Crippen molar-refractivity contribution in [1.82, 2.24) is 24.5 Å². The van der Waals surface area contributed by atoms with Crippen LogP contribution in [0.15, 0.2) is 36.7 Å². The summed E-state index contributed by atoms with van der Waals surface area (Å²) < 4.78 is 15.9. The lowest BCUT2D eigenvalue weighted by Gasteiger charge is -2.21. The van der Waals surface area contributed by atoms with E-state index in [0.717, 1.165) is 44.8 Å². The van der Waals surface area contributed by atoms with E-state index in [9.17, 15) is 0 Å². The molecule has 1 unspecified atom stereocenters. The number of nitrogens with two attached hydrogens (primary N) is 1.